The zero-order chi connectivity index (χ0) is 15.2. The van der Waals surface area contributed by atoms with Crippen LogP contribution in [-0.4, -0.2) is 46.7 Å². The van der Waals surface area contributed by atoms with Crippen LogP contribution in [0.3, 0.4) is 0 Å². The van der Waals surface area contributed by atoms with Crippen molar-refractivity contribution in [2.24, 2.45) is 0 Å². The van der Waals surface area contributed by atoms with Crippen molar-refractivity contribution >= 4 is 16.0 Å². The lowest BCUT2D eigenvalue weighted by molar-refractivity contribution is 0.0696. The molecule has 0 aliphatic heterocycles. The first kappa shape index (κ1) is 16.4. The van der Waals surface area contributed by atoms with Crippen LogP contribution in [0.15, 0.2) is 23.1 Å². The van der Waals surface area contributed by atoms with E-state index in [4.69, 9.17) is 9.84 Å². The summed E-state index contributed by atoms with van der Waals surface area (Å²) in [5.41, 5.74) is -0.110. The minimum absolute atomic E-state index is 0.108. The lowest BCUT2D eigenvalue weighted by atomic mass is 10.2. The van der Waals surface area contributed by atoms with Crippen LogP contribution in [-0.2, 0) is 10.0 Å². The number of aromatic carboxylic acids is 1. The lowest BCUT2D eigenvalue weighted by Crippen LogP contribution is -2.27. The van der Waals surface area contributed by atoms with E-state index in [1.807, 2.05) is 0 Å². The van der Waals surface area contributed by atoms with Gasteiger partial charge >= 0.3 is 5.97 Å². The number of ether oxygens (including phenoxy) is 1. The molecule has 8 heteroatoms. The third-order valence-electron chi connectivity index (χ3n) is 2.60. The van der Waals surface area contributed by atoms with Gasteiger partial charge in [-0.1, -0.05) is 0 Å². The van der Waals surface area contributed by atoms with Gasteiger partial charge in [0.05, 0.1) is 12.7 Å². The molecule has 7 nitrogen and oxygen atoms in total. The quantitative estimate of drug-likeness (QED) is 0.596. The van der Waals surface area contributed by atoms with Gasteiger partial charge in [-0.15, -0.1) is 0 Å². The number of rotatable bonds is 8. The predicted octanol–water partition coefficient (Wildman–Crippen LogP) is 0.281. The maximum atomic E-state index is 12.1. The van der Waals surface area contributed by atoms with E-state index in [1.165, 1.54) is 19.2 Å². The number of nitrogens with one attached hydrogen (secondary N) is 2. The summed E-state index contributed by atoms with van der Waals surface area (Å²) in [5, 5.41) is 11.8. The first-order chi connectivity index (χ1) is 9.42. The molecule has 112 valence electrons. The third-order valence-corrected chi connectivity index (χ3v) is 4.08. The Labute approximate surface area is 118 Å². The molecule has 0 aliphatic rings. The van der Waals surface area contributed by atoms with Crippen LogP contribution >= 0.6 is 0 Å². The Hall–Kier alpha value is -1.64. The van der Waals surface area contributed by atoms with E-state index in [9.17, 15) is 13.2 Å². The van der Waals surface area contributed by atoms with Gasteiger partial charge in [-0.2, -0.15) is 0 Å². The number of benzene rings is 1. The zero-order valence-electron chi connectivity index (χ0n) is 11.3. The fourth-order valence-corrected chi connectivity index (χ4v) is 2.84. The molecule has 0 aromatic heterocycles. The van der Waals surface area contributed by atoms with Gasteiger partial charge in [0.2, 0.25) is 10.0 Å². The fourth-order valence-electron chi connectivity index (χ4n) is 1.57. The molecule has 20 heavy (non-hydrogen) atoms. The van der Waals surface area contributed by atoms with Crippen molar-refractivity contribution in [3.8, 4) is 5.75 Å². The molecule has 0 radical (unpaired) electrons. The minimum Gasteiger partial charge on any atom is -0.495 e. The van der Waals surface area contributed by atoms with Crippen molar-refractivity contribution in [3.05, 3.63) is 23.8 Å². The first-order valence-electron chi connectivity index (χ1n) is 5.98. The predicted molar refractivity (Wildman–Crippen MR) is 73.7 cm³/mol. The number of sulfonamides is 1. The highest BCUT2D eigenvalue weighted by molar-refractivity contribution is 7.89. The molecule has 0 saturated carbocycles. The van der Waals surface area contributed by atoms with Crippen molar-refractivity contribution in [3.63, 3.8) is 0 Å². The van der Waals surface area contributed by atoms with Gasteiger partial charge in [-0.25, -0.2) is 17.9 Å². The van der Waals surface area contributed by atoms with E-state index in [0.29, 0.717) is 13.0 Å². The molecule has 0 saturated heterocycles. The minimum atomic E-state index is -3.81. The summed E-state index contributed by atoms with van der Waals surface area (Å²) in [7, 11) is -0.705. The van der Waals surface area contributed by atoms with Crippen LogP contribution < -0.4 is 14.8 Å². The molecule has 1 rings (SSSR count). The summed E-state index contributed by atoms with van der Waals surface area (Å²) in [6, 6.07) is 3.70. The summed E-state index contributed by atoms with van der Waals surface area (Å²) in [5.74, 6) is -1.09. The summed E-state index contributed by atoms with van der Waals surface area (Å²) in [6.07, 6.45) is 0.622. The molecule has 0 amide bonds. The van der Waals surface area contributed by atoms with Gasteiger partial charge in [0.15, 0.2) is 0 Å². The first-order valence-corrected chi connectivity index (χ1v) is 7.46. The Morgan fingerprint density at radius 3 is 2.60 bits per heavy atom. The average molecular weight is 302 g/mol. The summed E-state index contributed by atoms with van der Waals surface area (Å²) >= 11 is 0. The molecule has 0 atom stereocenters. The van der Waals surface area contributed by atoms with Gasteiger partial charge in [0.1, 0.15) is 10.6 Å². The van der Waals surface area contributed by atoms with E-state index < -0.39 is 16.0 Å². The van der Waals surface area contributed by atoms with Gasteiger partial charge in [0.25, 0.3) is 0 Å². The van der Waals surface area contributed by atoms with Crippen molar-refractivity contribution < 1.29 is 23.1 Å². The maximum absolute atomic E-state index is 12.1. The molecule has 0 spiro atoms. The largest absolute Gasteiger partial charge is 0.495 e. The molecule has 3 N–H and O–H groups in total. The highest BCUT2D eigenvalue weighted by Gasteiger charge is 2.21. The van der Waals surface area contributed by atoms with Gasteiger partial charge in [-0.05, 0) is 38.2 Å². The molecule has 1 aromatic rings. The maximum Gasteiger partial charge on any atom is 0.335 e. The fraction of sp³-hybridized carbons (Fsp3) is 0.417. The van der Waals surface area contributed by atoms with Crippen molar-refractivity contribution in [1.82, 2.24) is 10.0 Å². The highest BCUT2D eigenvalue weighted by atomic mass is 32.2. The van der Waals surface area contributed by atoms with Crippen LogP contribution in [0.1, 0.15) is 16.8 Å². The van der Waals surface area contributed by atoms with E-state index in [-0.39, 0.29) is 22.8 Å². The summed E-state index contributed by atoms with van der Waals surface area (Å²) in [6.45, 7) is 0.929. The van der Waals surface area contributed by atoms with Gasteiger partial charge in [-0.3, -0.25) is 0 Å². The van der Waals surface area contributed by atoms with E-state index in [2.05, 4.69) is 10.0 Å². The van der Waals surface area contributed by atoms with E-state index in [0.717, 1.165) is 6.07 Å². The second-order valence-electron chi connectivity index (χ2n) is 4.03. The van der Waals surface area contributed by atoms with Crippen LogP contribution in [0.25, 0.3) is 0 Å². The molecule has 0 fully saturated rings. The van der Waals surface area contributed by atoms with Crippen LogP contribution in [0.5, 0.6) is 5.75 Å². The molecular weight excluding hydrogens is 284 g/mol. The second kappa shape index (κ2) is 7.22. The third kappa shape index (κ3) is 4.19. The number of methoxy groups -OCH3 is 1. The van der Waals surface area contributed by atoms with Crippen molar-refractivity contribution in [1.29, 1.82) is 0 Å². The number of carboxylic acids is 1. The Bertz CT molecular complexity index is 571. The summed E-state index contributed by atoms with van der Waals surface area (Å²) < 4.78 is 31.7. The van der Waals surface area contributed by atoms with Crippen LogP contribution in [0.2, 0.25) is 0 Å². The number of carboxylic acid groups (broad SMARTS) is 1. The van der Waals surface area contributed by atoms with Crippen molar-refractivity contribution in [2.75, 3.05) is 27.2 Å². The van der Waals surface area contributed by atoms with Crippen LogP contribution in [0.4, 0.5) is 0 Å². The molecule has 0 aliphatic carbocycles. The second-order valence-corrected chi connectivity index (χ2v) is 5.76. The Kier molecular flexibility index (Phi) is 5.93. The van der Waals surface area contributed by atoms with Crippen molar-refractivity contribution in [2.45, 2.75) is 11.3 Å². The van der Waals surface area contributed by atoms with Gasteiger partial charge in [0, 0.05) is 6.54 Å². The monoisotopic (exact) mass is 302 g/mol. The van der Waals surface area contributed by atoms with E-state index in [1.54, 1.807) is 7.05 Å². The topological polar surface area (TPSA) is 105 Å². The molecule has 0 unspecified atom stereocenters. The smallest absolute Gasteiger partial charge is 0.335 e. The normalized spacial score (nSPS) is 11.3. The highest BCUT2D eigenvalue weighted by Crippen LogP contribution is 2.24. The molecule has 0 bridgehead atoms. The average Bonchev–Trinajstić information content (AvgIpc) is 2.42. The zero-order valence-corrected chi connectivity index (χ0v) is 12.2. The number of hydrogen-bond donors (Lipinski definition) is 3. The SMILES string of the molecule is CNCCCNS(=O)(=O)c1cc(C(=O)O)ccc1OC. The van der Waals surface area contributed by atoms with Crippen LogP contribution in [0, 0.1) is 0 Å². The number of hydrogen-bond acceptors (Lipinski definition) is 5. The Morgan fingerprint density at radius 1 is 1.35 bits per heavy atom. The molecular formula is C12H18N2O5S. The van der Waals surface area contributed by atoms with Gasteiger partial charge < -0.3 is 15.2 Å². The number of carbonyl (C=O) groups is 1. The summed E-state index contributed by atoms with van der Waals surface area (Å²) in [4.78, 5) is 10.7. The molecule has 0 heterocycles. The van der Waals surface area contributed by atoms with E-state index >= 15 is 0 Å². The Morgan fingerprint density at radius 2 is 2.05 bits per heavy atom. The lowest BCUT2D eigenvalue weighted by Gasteiger charge is -2.11. The molecule has 1 aromatic carbocycles. The Balaban J connectivity index is 3.02. The standard InChI is InChI=1S/C12H18N2O5S/c1-13-6-3-7-14-20(17,18)11-8-9(12(15)16)4-5-10(11)19-2/h4-5,8,13-14H,3,6-7H2,1-2H3,(H,15,16).